The average molecular weight is 433 g/mol. The number of ether oxygens (including phenoxy) is 1. The number of methoxy groups -OCH3 is 1. The average Bonchev–Trinajstić information content (AvgIpc) is 2.69. The normalized spacial score (nSPS) is 11.0. The molecule has 1 amide bonds. The third-order valence-corrected chi connectivity index (χ3v) is 4.28. The Labute approximate surface area is 168 Å². The van der Waals surface area contributed by atoms with Crippen molar-refractivity contribution in [1.82, 2.24) is 16.0 Å². The molecule has 0 saturated carbocycles. The maximum absolute atomic E-state index is 12.1. The van der Waals surface area contributed by atoms with E-state index >= 15 is 0 Å². The first-order valence-electron chi connectivity index (χ1n) is 8.82. The molecular weight excluding hydrogens is 408 g/mol. The van der Waals surface area contributed by atoms with E-state index in [0.29, 0.717) is 31.2 Å². The minimum Gasteiger partial charge on any atom is -0.496 e. The molecule has 2 aromatic carbocycles. The monoisotopic (exact) mass is 432 g/mol. The fourth-order valence-electron chi connectivity index (χ4n) is 2.40. The van der Waals surface area contributed by atoms with Crippen LogP contribution in [0.15, 0.2) is 58.0 Å². The van der Waals surface area contributed by atoms with Crippen LogP contribution in [0, 0.1) is 0 Å². The zero-order valence-corrected chi connectivity index (χ0v) is 17.2. The van der Waals surface area contributed by atoms with Gasteiger partial charge in [-0.1, -0.05) is 34.1 Å². The number of nitrogens with zero attached hydrogens (tertiary/aromatic N) is 1. The van der Waals surface area contributed by atoms with Gasteiger partial charge in [0.25, 0.3) is 5.91 Å². The molecule has 27 heavy (non-hydrogen) atoms. The molecule has 3 N–H and O–H groups in total. The largest absolute Gasteiger partial charge is 0.496 e. The third-order valence-electron chi connectivity index (χ3n) is 3.75. The molecule has 144 valence electrons. The van der Waals surface area contributed by atoms with Crippen LogP contribution >= 0.6 is 15.9 Å². The topological polar surface area (TPSA) is 74.8 Å². The first-order chi connectivity index (χ1) is 13.1. The standard InChI is InChI=1S/C20H25BrN4O2/c1-3-22-20(25-14-16-6-4-5-7-18(16)27-2)24-13-12-23-19(26)15-8-10-17(21)11-9-15/h4-11H,3,12-14H2,1-2H3,(H,23,26)(H2,22,24,25). The zero-order valence-electron chi connectivity index (χ0n) is 15.6. The molecule has 0 saturated heterocycles. The van der Waals surface area contributed by atoms with Crippen molar-refractivity contribution in [3.05, 3.63) is 64.1 Å². The molecule has 0 aliphatic heterocycles. The quantitative estimate of drug-likeness (QED) is 0.340. The number of guanidine groups is 1. The SMILES string of the molecule is CCNC(=NCc1ccccc1OC)NCCNC(=O)c1ccc(Br)cc1. The summed E-state index contributed by atoms with van der Waals surface area (Å²) in [7, 11) is 1.65. The number of carbonyl (C=O) groups excluding carboxylic acids is 1. The van der Waals surface area contributed by atoms with E-state index in [9.17, 15) is 4.79 Å². The van der Waals surface area contributed by atoms with Gasteiger partial charge in [0.15, 0.2) is 5.96 Å². The van der Waals surface area contributed by atoms with Crippen molar-refractivity contribution in [3.8, 4) is 5.75 Å². The lowest BCUT2D eigenvalue weighted by Gasteiger charge is -2.12. The highest BCUT2D eigenvalue weighted by Gasteiger charge is 2.05. The van der Waals surface area contributed by atoms with E-state index in [2.05, 4.69) is 36.9 Å². The molecule has 0 unspecified atom stereocenters. The molecule has 0 heterocycles. The van der Waals surface area contributed by atoms with Crippen molar-refractivity contribution in [3.63, 3.8) is 0 Å². The van der Waals surface area contributed by atoms with Gasteiger partial charge in [-0.05, 0) is 37.3 Å². The Bertz CT molecular complexity index is 763. The molecule has 2 rings (SSSR count). The van der Waals surface area contributed by atoms with Gasteiger partial charge >= 0.3 is 0 Å². The lowest BCUT2D eigenvalue weighted by Crippen LogP contribution is -2.41. The molecule has 6 nitrogen and oxygen atoms in total. The zero-order chi connectivity index (χ0) is 19.5. The van der Waals surface area contributed by atoms with Crippen molar-refractivity contribution in [2.45, 2.75) is 13.5 Å². The van der Waals surface area contributed by atoms with Crippen LogP contribution in [0.5, 0.6) is 5.75 Å². The van der Waals surface area contributed by atoms with Gasteiger partial charge in [0, 0.05) is 35.2 Å². The van der Waals surface area contributed by atoms with Crippen molar-refractivity contribution in [2.24, 2.45) is 4.99 Å². The number of rotatable bonds is 8. The van der Waals surface area contributed by atoms with E-state index in [-0.39, 0.29) is 5.91 Å². The van der Waals surface area contributed by atoms with Gasteiger partial charge < -0.3 is 20.7 Å². The second kappa shape index (κ2) is 11.2. The maximum Gasteiger partial charge on any atom is 0.251 e. The number of hydrogen-bond donors (Lipinski definition) is 3. The first-order valence-corrected chi connectivity index (χ1v) is 9.61. The number of benzene rings is 2. The van der Waals surface area contributed by atoms with Crippen LogP contribution in [0.25, 0.3) is 0 Å². The second-order valence-corrected chi connectivity index (χ2v) is 6.61. The summed E-state index contributed by atoms with van der Waals surface area (Å²) in [5.41, 5.74) is 1.65. The van der Waals surface area contributed by atoms with E-state index < -0.39 is 0 Å². The Kier molecular flexibility index (Phi) is 8.64. The fourth-order valence-corrected chi connectivity index (χ4v) is 2.66. The Balaban J connectivity index is 1.83. The fraction of sp³-hybridized carbons (Fsp3) is 0.300. The number of nitrogens with one attached hydrogen (secondary N) is 3. The minimum absolute atomic E-state index is 0.0970. The van der Waals surface area contributed by atoms with E-state index in [1.165, 1.54) is 0 Å². The van der Waals surface area contributed by atoms with Gasteiger partial charge in [0.2, 0.25) is 0 Å². The summed E-state index contributed by atoms with van der Waals surface area (Å²) in [5, 5.41) is 9.31. The van der Waals surface area contributed by atoms with Crippen molar-refractivity contribution in [1.29, 1.82) is 0 Å². The molecule has 0 bridgehead atoms. The smallest absolute Gasteiger partial charge is 0.251 e. The highest BCUT2D eigenvalue weighted by Crippen LogP contribution is 2.17. The van der Waals surface area contributed by atoms with E-state index in [0.717, 1.165) is 22.3 Å². The van der Waals surface area contributed by atoms with Gasteiger partial charge in [-0.15, -0.1) is 0 Å². The summed E-state index contributed by atoms with van der Waals surface area (Å²) in [6, 6.07) is 15.1. The van der Waals surface area contributed by atoms with Crippen LogP contribution in [0.3, 0.4) is 0 Å². The van der Waals surface area contributed by atoms with Crippen LogP contribution < -0.4 is 20.7 Å². The Morgan fingerprint density at radius 2 is 1.74 bits per heavy atom. The summed E-state index contributed by atoms with van der Waals surface area (Å²) in [6.07, 6.45) is 0. The van der Waals surface area contributed by atoms with Gasteiger partial charge in [-0.25, -0.2) is 4.99 Å². The Morgan fingerprint density at radius 1 is 1.04 bits per heavy atom. The molecule has 0 spiro atoms. The highest BCUT2D eigenvalue weighted by molar-refractivity contribution is 9.10. The molecule has 0 fully saturated rings. The predicted molar refractivity (Wildman–Crippen MR) is 112 cm³/mol. The van der Waals surface area contributed by atoms with Crippen LogP contribution in [0.2, 0.25) is 0 Å². The van der Waals surface area contributed by atoms with E-state index in [1.54, 1.807) is 19.2 Å². The predicted octanol–water partition coefficient (Wildman–Crippen LogP) is 2.94. The number of amides is 1. The highest BCUT2D eigenvalue weighted by atomic mass is 79.9. The van der Waals surface area contributed by atoms with Crippen LogP contribution in [0.4, 0.5) is 0 Å². The summed E-state index contributed by atoms with van der Waals surface area (Å²) in [5.74, 6) is 1.42. The van der Waals surface area contributed by atoms with Crippen LogP contribution in [-0.2, 0) is 6.54 Å². The minimum atomic E-state index is -0.0970. The van der Waals surface area contributed by atoms with Gasteiger partial charge in [-0.3, -0.25) is 4.79 Å². The van der Waals surface area contributed by atoms with Gasteiger partial charge in [0.05, 0.1) is 13.7 Å². The van der Waals surface area contributed by atoms with Crippen LogP contribution in [0.1, 0.15) is 22.8 Å². The molecule has 2 aromatic rings. The van der Waals surface area contributed by atoms with Crippen molar-refractivity contribution >= 4 is 27.8 Å². The summed E-state index contributed by atoms with van der Waals surface area (Å²) in [4.78, 5) is 16.7. The number of aliphatic imine (C=N–C) groups is 1. The molecule has 0 atom stereocenters. The first kappa shape index (κ1) is 20.8. The molecule has 0 radical (unpaired) electrons. The molecule has 0 aromatic heterocycles. The second-order valence-electron chi connectivity index (χ2n) is 5.70. The van der Waals surface area contributed by atoms with E-state index in [1.807, 2.05) is 43.3 Å². The van der Waals surface area contributed by atoms with Crippen molar-refractivity contribution < 1.29 is 9.53 Å². The third kappa shape index (κ3) is 6.94. The van der Waals surface area contributed by atoms with Gasteiger partial charge in [-0.2, -0.15) is 0 Å². The number of halogens is 1. The summed E-state index contributed by atoms with van der Waals surface area (Å²) >= 11 is 3.36. The van der Waals surface area contributed by atoms with Crippen LogP contribution in [-0.4, -0.2) is 38.6 Å². The molecular formula is C20H25BrN4O2. The number of hydrogen-bond acceptors (Lipinski definition) is 3. The molecule has 7 heteroatoms. The van der Waals surface area contributed by atoms with Crippen molar-refractivity contribution in [2.75, 3.05) is 26.7 Å². The lowest BCUT2D eigenvalue weighted by molar-refractivity contribution is 0.0954. The Morgan fingerprint density at radius 3 is 2.44 bits per heavy atom. The summed E-state index contributed by atoms with van der Waals surface area (Å²) < 4.78 is 6.30. The maximum atomic E-state index is 12.1. The van der Waals surface area contributed by atoms with E-state index in [4.69, 9.17) is 4.74 Å². The number of para-hydroxylation sites is 1. The summed E-state index contributed by atoms with van der Waals surface area (Å²) in [6.45, 7) is 4.33. The molecule has 0 aliphatic carbocycles. The van der Waals surface area contributed by atoms with Gasteiger partial charge in [0.1, 0.15) is 5.75 Å². The molecule has 0 aliphatic rings. The lowest BCUT2D eigenvalue weighted by atomic mass is 10.2. The number of carbonyl (C=O) groups is 1. The Hall–Kier alpha value is -2.54.